The number of carbonyl (C=O) groups is 2. The molecule has 1 aliphatic carbocycles. The van der Waals surface area contributed by atoms with Crippen molar-refractivity contribution in [3.63, 3.8) is 0 Å². The number of pyridine rings is 2. The van der Waals surface area contributed by atoms with Gasteiger partial charge in [0.25, 0.3) is 0 Å². The number of methoxy groups -OCH3 is 1. The highest BCUT2D eigenvalue weighted by atomic mass is 32.1. The number of hydrogen-bond donors (Lipinski definition) is 3. The molecule has 0 aliphatic heterocycles. The average Bonchev–Trinajstić information content (AvgIpc) is 3.65. The maximum absolute atomic E-state index is 14.8. The summed E-state index contributed by atoms with van der Waals surface area (Å²) in [5.41, 5.74) is 2.64. The molecule has 1 fully saturated rings. The van der Waals surface area contributed by atoms with Crippen LogP contribution < -0.4 is 20.7 Å². The summed E-state index contributed by atoms with van der Waals surface area (Å²) in [6, 6.07) is 11.3. The fourth-order valence-electron chi connectivity index (χ4n) is 3.80. The summed E-state index contributed by atoms with van der Waals surface area (Å²) in [6.45, 7) is 1.32. The molecule has 3 heterocycles. The molecule has 1 saturated carbocycles. The van der Waals surface area contributed by atoms with Crippen molar-refractivity contribution >= 4 is 39.3 Å². The Balaban J connectivity index is 1.25. The Kier molecular flexibility index (Phi) is 8.37. The average molecular weight is 565 g/mol. The number of halogens is 1. The molecule has 0 unspecified atom stereocenters. The number of aromatic nitrogens is 2. The van der Waals surface area contributed by atoms with Crippen molar-refractivity contribution in [2.45, 2.75) is 25.4 Å². The Morgan fingerprint density at radius 2 is 1.98 bits per heavy atom. The number of nitrogens with zero attached hydrogens (tertiary/aromatic N) is 3. The molecule has 4 amide bonds. The van der Waals surface area contributed by atoms with E-state index in [0.717, 1.165) is 33.7 Å². The first-order valence-corrected chi connectivity index (χ1v) is 13.6. The van der Waals surface area contributed by atoms with Gasteiger partial charge in [-0.05, 0) is 42.7 Å². The van der Waals surface area contributed by atoms with E-state index in [4.69, 9.17) is 9.47 Å². The standard InChI is InChI=1S/C28H29FN6O4S/c1-35(11-12-38-2)28(37)32-16-17-3-7-21(31-15-17)25-14-22-26(40-25)24(9-10-30-22)39-23-8-6-19(13-20(23)29)34-27(36)33-18-4-5-18/h3,6-10,13-15,18H,4-5,11-12,16H2,1-2H3,(H,32,37)(H2,33,34,36). The third-order valence-corrected chi connectivity index (χ3v) is 7.36. The highest BCUT2D eigenvalue weighted by Gasteiger charge is 2.23. The molecule has 1 aromatic carbocycles. The van der Waals surface area contributed by atoms with Gasteiger partial charge in [0.2, 0.25) is 0 Å². The van der Waals surface area contributed by atoms with Crippen molar-refractivity contribution in [2.24, 2.45) is 0 Å². The monoisotopic (exact) mass is 564 g/mol. The van der Waals surface area contributed by atoms with Gasteiger partial charge >= 0.3 is 12.1 Å². The zero-order valence-corrected chi connectivity index (χ0v) is 22.9. The zero-order chi connectivity index (χ0) is 28.1. The molecule has 208 valence electrons. The van der Waals surface area contributed by atoms with Gasteiger partial charge < -0.3 is 30.3 Å². The molecular formula is C28H29FN6O4S. The Morgan fingerprint density at radius 1 is 1.12 bits per heavy atom. The van der Waals surface area contributed by atoms with E-state index in [1.807, 2.05) is 18.2 Å². The summed E-state index contributed by atoms with van der Waals surface area (Å²) >= 11 is 1.43. The molecule has 4 aromatic rings. The van der Waals surface area contributed by atoms with Gasteiger partial charge in [0.1, 0.15) is 5.75 Å². The van der Waals surface area contributed by atoms with Crippen LogP contribution in [0.5, 0.6) is 11.5 Å². The lowest BCUT2D eigenvalue weighted by atomic mass is 10.2. The third-order valence-electron chi connectivity index (χ3n) is 6.20. The molecule has 5 rings (SSSR count). The fourth-order valence-corrected chi connectivity index (χ4v) is 4.84. The Bertz CT molecular complexity index is 1510. The molecule has 0 atom stereocenters. The number of rotatable bonds is 10. The van der Waals surface area contributed by atoms with Crippen LogP contribution in [0.15, 0.2) is 54.9 Å². The second kappa shape index (κ2) is 12.3. The van der Waals surface area contributed by atoms with Crippen molar-refractivity contribution in [1.82, 2.24) is 25.5 Å². The van der Waals surface area contributed by atoms with Gasteiger partial charge in [0, 0.05) is 63.5 Å². The highest BCUT2D eigenvalue weighted by molar-refractivity contribution is 7.22. The second-order valence-corrected chi connectivity index (χ2v) is 10.4. The van der Waals surface area contributed by atoms with E-state index in [2.05, 4.69) is 25.9 Å². The number of carbonyl (C=O) groups excluding carboxylic acids is 2. The van der Waals surface area contributed by atoms with Crippen LogP contribution >= 0.6 is 11.3 Å². The summed E-state index contributed by atoms with van der Waals surface area (Å²) in [7, 11) is 3.30. The predicted molar refractivity (Wildman–Crippen MR) is 151 cm³/mol. The van der Waals surface area contributed by atoms with E-state index in [1.165, 1.54) is 23.5 Å². The number of nitrogens with one attached hydrogen (secondary N) is 3. The number of amides is 4. The minimum absolute atomic E-state index is 0.0352. The minimum atomic E-state index is -0.597. The lowest BCUT2D eigenvalue weighted by Gasteiger charge is -2.17. The van der Waals surface area contributed by atoms with E-state index in [-0.39, 0.29) is 23.9 Å². The Labute approximate surface area is 234 Å². The van der Waals surface area contributed by atoms with Gasteiger partial charge in [0.05, 0.1) is 27.4 Å². The highest BCUT2D eigenvalue weighted by Crippen LogP contribution is 2.39. The number of ether oxygens (including phenoxy) is 2. The Morgan fingerprint density at radius 3 is 2.70 bits per heavy atom. The van der Waals surface area contributed by atoms with E-state index in [1.54, 1.807) is 43.6 Å². The molecule has 3 aromatic heterocycles. The first-order chi connectivity index (χ1) is 19.4. The van der Waals surface area contributed by atoms with Crippen LogP contribution in [-0.4, -0.2) is 60.3 Å². The van der Waals surface area contributed by atoms with Crippen LogP contribution in [0.2, 0.25) is 0 Å². The first-order valence-electron chi connectivity index (χ1n) is 12.8. The van der Waals surface area contributed by atoms with Crippen LogP contribution in [-0.2, 0) is 11.3 Å². The quantitative estimate of drug-likeness (QED) is 0.239. The number of likely N-dealkylation sites (N-methyl/N-ethyl adjacent to an activating group) is 1. The van der Waals surface area contributed by atoms with Gasteiger partial charge in [-0.15, -0.1) is 11.3 Å². The van der Waals surface area contributed by atoms with Crippen LogP contribution in [0.1, 0.15) is 18.4 Å². The number of anilines is 1. The summed E-state index contributed by atoms with van der Waals surface area (Å²) < 4.78 is 26.5. The van der Waals surface area contributed by atoms with E-state index in [9.17, 15) is 14.0 Å². The van der Waals surface area contributed by atoms with Gasteiger partial charge in [0.15, 0.2) is 11.6 Å². The lowest BCUT2D eigenvalue weighted by molar-refractivity contribution is 0.159. The van der Waals surface area contributed by atoms with Gasteiger partial charge in [-0.1, -0.05) is 6.07 Å². The second-order valence-electron chi connectivity index (χ2n) is 9.38. The fraction of sp³-hybridized carbons (Fsp3) is 0.286. The predicted octanol–water partition coefficient (Wildman–Crippen LogP) is 5.36. The molecule has 0 spiro atoms. The van der Waals surface area contributed by atoms with Gasteiger partial charge in [-0.25, -0.2) is 14.0 Å². The van der Waals surface area contributed by atoms with Crippen LogP contribution in [0.3, 0.4) is 0 Å². The normalized spacial score (nSPS) is 12.7. The number of hydrogen-bond acceptors (Lipinski definition) is 7. The topological polar surface area (TPSA) is 118 Å². The molecular weight excluding hydrogens is 535 g/mol. The van der Waals surface area contributed by atoms with Crippen LogP contribution in [0.4, 0.5) is 19.7 Å². The number of fused-ring (bicyclic) bond motifs is 1. The number of thiophene rings is 1. The van der Waals surface area contributed by atoms with E-state index in [0.29, 0.717) is 36.6 Å². The summed E-state index contributed by atoms with van der Waals surface area (Å²) in [6.07, 6.45) is 5.26. The largest absolute Gasteiger partial charge is 0.453 e. The van der Waals surface area contributed by atoms with Gasteiger partial charge in [-0.2, -0.15) is 0 Å². The maximum atomic E-state index is 14.8. The molecule has 3 N–H and O–H groups in total. The maximum Gasteiger partial charge on any atom is 0.319 e. The molecule has 0 radical (unpaired) electrons. The van der Waals surface area contributed by atoms with Crippen molar-refractivity contribution in [3.05, 3.63) is 66.2 Å². The Hall–Kier alpha value is -4.29. The van der Waals surface area contributed by atoms with Gasteiger partial charge in [-0.3, -0.25) is 9.97 Å². The lowest BCUT2D eigenvalue weighted by Crippen LogP contribution is -2.38. The summed E-state index contributed by atoms with van der Waals surface area (Å²) in [4.78, 5) is 35.5. The van der Waals surface area contributed by atoms with Crippen molar-refractivity contribution in [2.75, 3.05) is 32.6 Å². The molecule has 12 heteroatoms. The SMILES string of the molecule is COCCN(C)C(=O)NCc1ccc(-c2cc3nccc(Oc4ccc(NC(=O)NC5CC5)cc4F)c3s2)nc1. The molecule has 0 bridgehead atoms. The molecule has 0 saturated heterocycles. The summed E-state index contributed by atoms with van der Waals surface area (Å²) in [5.74, 6) is -0.0996. The van der Waals surface area contributed by atoms with Crippen LogP contribution in [0.25, 0.3) is 20.8 Å². The molecule has 1 aliphatic rings. The smallest absolute Gasteiger partial charge is 0.319 e. The third kappa shape index (κ3) is 6.82. The zero-order valence-electron chi connectivity index (χ0n) is 22.1. The van der Waals surface area contributed by atoms with E-state index < -0.39 is 5.82 Å². The van der Waals surface area contributed by atoms with Crippen molar-refractivity contribution < 1.29 is 23.5 Å². The molecule has 10 nitrogen and oxygen atoms in total. The number of urea groups is 2. The minimum Gasteiger partial charge on any atom is -0.453 e. The van der Waals surface area contributed by atoms with Crippen molar-refractivity contribution in [1.29, 1.82) is 0 Å². The van der Waals surface area contributed by atoms with Crippen molar-refractivity contribution in [3.8, 4) is 22.1 Å². The van der Waals surface area contributed by atoms with E-state index >= 15 is 0 Å². The number of benzene rings is 1. The first kappa shape index (κ1) is 27.3. The summed E-state index contributed by atoms with van der Waals surface area (Å²) in [5, 5.41) is 8.30. The van der Waals surface area contributed by atoms with Crippen LogP contribution in [0, 0.1) is 5.82 Å². The molecule has 40 heavy (non-hydrogen) atoms.